The van der Waals surface area contributed by atoms with Crippen LogP contribution in [0.25, 0.3) is 0 Å². The van der Waals surface area contributed by atoms with Gasteiger partial charge in [-0.1, -0.05) is 58.9 Å². The molecule has 7 nitrogen and oxygen atoms in total. The van der Waals surface area contributed by atoms with Gasteiger partial charge in [-0.15, -0.1) is 0 Å². The SMILES string of the molecule is CCC(CC)(c1ccc(NS(=O)(=O)CCS(=O)(=O)C(C)C)c(C)c1)c1ccc(OCC(=O)C(C)(C)C)c(C)c1. The average molecular weight is 580 g/mol. The largest absolute Gasteiger partial charge is 0.486 e. The predicted octanol–water partition coefficient (Wildman–Crippen LogP) is 5.97. The summed E-state index contributed by atoms with van der Waals surface area (Å²) in [6, 6.07) is 11.7. The standard InChI is InChI=1S/C30H45NO6S2/c1-10-30(11-2,25-13-15-27(23(6)19-25)37-20-28(32)29(7,8)9)24-12-14-26(22(5)18-24)31-39(35,36)17-16-38(33,34)21(3)4/h12-15,18-19,21,31H,10-11,16-17,20H2,1-9H3. The summed E-state index contributed by atoms with van der Waals surface area (Å²) in [6.45, 7) is 16.8. The first kappa shape index (κ1) is 32.8. The van der Waals surface area contributed by atoms with Crippen molar-refractivity contribution >= 4 is 31.3 Å². The number of rotatable bonds is 13. The molecule has 0 spiro atoms. The summed E-state index contributed by atoms with van der Waals surface area (Å²) in [5, 5.41) is -0.625. The Kier molecular flexibility index (Phi) is 10.4. The number of carbonyl (C=O) groups is 1. The van der Waals surface area contributed by atoms with Gasteiger partial charge in [0.25, 0.3) is 0 Å². The van der Waals surface area contributed by atoms with Crippen LogP contribution in [0.3, 0.4) is 0 Å². The first-order chi connectivity index (χ1) is 17.9. The Morgan fingerprint density at radius 3 is 1.87 bits per heavy atom. The molecule has 1 N–H and O–H groups in total. The van der Waals surface area contributed by atoms with Crippen molar-refractivity contribution in [2.75, 3.05) is 22.8 Å². The minimum Gasteiger partial charge on any atom is -0.486 e. The lowest BCUT2D eigenvalue weighted by atomic mass is 9.70. The second-order valence-corrected chi connectivity index (χ2v) is 16.1. The Balaban J connectivity index is 2.33. The number of aryl methyl sites for hydroxylation is 2. The van der Waals surface area contributed by atoms with Crippen molar-refractivity contribution in [2.24, 2.45) is 5.41 Å². The van der Waals surface area contributed by atoms with E-state index in [-0.39, 0.29) is 17.8 Å². The summed E-state index contributed by atoms with van der Waals surface area (Å²) < 4.78 is 57.9. The monoisotopic (exact) mass is 579 g/mol. The maximum absolute atomic E-state index is 12.6. The summed E-state index contributed by atoms with van der Waals surface area (Å²) in [7, 11) is -7.30. The van der Waals surface area contributed by atoms with Crippen LogP contribution in [-0.4, -0.2) is 46.0 Å². The minimum atomic E-state index is -3.83. The lowest BCUT2D eigenvalue weighted by Gasteiger charge is -2.34. The van der Waals surface area contributed by atoms with Crippen LogP contribution in [0.1, 0.15) is 83.6 Å². The van der Waals surface area contributed by atoms with Gasteiger partial charge in [0.2, 0.25) is 10.0 Å². The van der Waals surface area contributed by atoms with Gasteiger partial charge >= 0.3 is 0 Å². The van der Waals surface area contributed by atoms with E-state index in [0.29, 0.717) is 11.4 Å². The van der Waals surface area contributed by atoms with Crippen LogP contribution < -0.4 is 9.46 Å². The number of ether oxygens (including phenoxy) is 1. The molecule has 0 amide bonds. The van der Waals surface area contributed by atoms with E-state index < -0.39 is 42.0 Å². The third kappa shape index (κ3) is 8.07. The molecule has 0 aliphatic carbocycles. The van der Waals surface area contributed by atoms with Gasteiger partial charge in [-0.2, -0.15) is 0 Å². The fourth-order valence-corrected chi connectivity index (χ4v) is 7.40. The number of hydrogen-bond acceptors (Lipinski definition) is 6. The molecule has 0 aliphatic rings. The molecular weight excluding hydrogens is 534 g/mol. The van der Waals surface area contributed by atoms with Crippen molar-refractivity contribution in [1.82, 2.24) is 0 Å². The summed E-state index contributed by atoms with van der Waals surface area (Å²) in [6.07, 6.45) is 1.65. The first-order valence-electron chi connectivity index (χ1n) is 13.5. The zero-order valence-corrected chi connectivity index (χ0v) is 26.5. The van der Waals surface area contributed by atoms with E-state index in [4.69, 9.17) is 4.74 Å². The van der Waals surface area contributed by atoms with Crippen LogP contribution in [0.2, 0.25) is 0 Å². The number of ketones is 1. The maximum Gasteiger partial charge on any atom is 0.233 e. The number of nitrogens with one attached hydrogen (secondary N) is 1. The number of Topliss-reactive ketones (excluding diaryl/α,β-unsaturated/α-hetero) is 1. The third-order valence-corrected chi connectivity index (χ3v) is 11.3. The van der Waals surface area contributed by atoms with Crippen LogP contribution in [-0.2, 0) is 30.1 Å². The normalized spacial score (nSPS) is 13.0. The Morgan fingerprint density at radius 1 is 0.872 bits per heavy atom. The van der Waals surface area contributed by atoms with E-state index >= 15 is 0 Å². The molecule has 2 aromatic rings. The first-order valence-corrected chi connectivity index (χ1v) is 16.9. The van der Waals surface area contributed by atoms with Crippen molar-refractivity contribution < 1.29 is 26.4 Å². The van der Waals surface area contributed by atoms with Gasteiger partial charge < -0.3 is 4.74 Å². The topological polar surface area (TPSA) is 107 Å². The Bertz CT molecular complexity index is 1380. The van der Waals surface area contributed by atoms with Gasteiger partial charge in [-0.05, 0) is 74.9 Å². The summed E-state index contributed by atoms with van der Waals surface area (Å²) >= 11 is 0. The van der Waals surface area contributed by atoms with Crippen LogP contribution in [0.5, 0.6) is 5.75 Å². The van der Waals surface area contributed by atoms with Crippen molar-refractivity contribution in [3.05, 3.63) is 58.7 Å². The number of anilines is 1. The van der Waals surface area contributed by atoms with Gasteiger partial charge in [0.15, 0.2) is 15.6 Å². The number of benzene rings is 2. The maximum atomic E-state index is 12.6. The molecule has 0 aliphatic heterocycles. The lowest BCUT2D eigenvalue weighted by molar-refractivity contribution is -0.128. The van der Waals surface area contributed by atoms with Gasteiger partial charge in [-0.3, -0.25) is 9.52 Å². The average Bonchev–Trinajstić information content (AvgIpc) is 2.84. The fraction of sp³-hybridized carbons (Fsp3) is 0.567. The van der Waals surface area contributed by atoms with Gasteiger partial charge in [0.1, 0.15) is 12.4 Å². The van der Waals surface area contributed by atoms with E-state index in [2.05, 4.69) is 24.6 Å². The third-order valence-electron chi connectivity index (χ3n) is 7.53. The molecule has 39 heavy (non-hydrogen) atoms. The number of hydrogen-bond donors (Lipinski definition) is 1. The molecule has 2 aromatic carbocycles. The van der Waals surface area contributed by atoms with Gasteiger partial charge in [0, 0.05) is 10.8 Å². The predicted molar refractivity (Wildman–Crippen MR) is 160 cm³/mol. The van der Waals surface area contributed by atoms with Gasteiger partial charge in [0.05, 0.1) is 22.4 Å². The Hall–Kier alpha value is -2.39. The quantitative estimate of drug-likeness (QED) is 0.313. The molecule has 0 heterocycles. The molecule has 0 radical (unpaired) electrons. The molecule has 0 fully saturated rings. The van der Waals surface area contributed by atoms with E-state index in [0.717, 1.165) is 35.1 Å². The van der Waals surface area contributed by atoms with E-state index in [1.165, 1.54) is 0 Å². The van der Waals surface area contributed by atoms with Crippen LogP contribution in [0.15, 0.2) is 36.4 Å². The molecular formula is C30H45NO6S2. The van der Waals surface area contributed by atoms with Crippen LogP contribution in [0, 0.1) is 19.3 Å². The number of sulfonamides is 1. The summed E-state index contributed by atoms with van der Waals surface area (Å²) in [5.41, 5.74) is 3.54. The highest BCUT2D eigenvalue weighted by Gasteiger charge is 2.32. The van der Waals surface area contributed by atoms with E-state index in [1.807, 2.05) is 58.9 Å². The fourth-order valence-electron chi connectivity index (χ4n) is 4.46. The van der Waals surface area contributed by atoms with Crippen molar-refractivity contribution in [3.8, 4) is 5.75 Å². The highest BCUT2D eigenvalue weighted by atomic mass is 32.2. The van der Waals surface area contributed by atoms with Crippen LogP contribution >= 0.6 is 0 Å². The smallest absolute Gasteiger partial charge is 0.233 e. The van der Waals surface area contributed by atoms with Crippen LogP contribution in [0.4, 0.5) is 5.69 Å². The Morgan fingerprint density at radius 2 is 1.41 bits per heavy atom. The molecule has 0 aromatic heterocycles. The highest BCUT2D eigenvalue weighted by molar-refractivity contribution is 7.96. The molecule has 0 atom stereocenters. The second kappa shape index (κ2) is 12.4. The highest BCUT2D eigenvalue weighted by Crippen LogP contribution is 2.41. The van der Waals surface area contributed by atoms with Gasteiger partial charge in [-0.25, -0.2) is 16.8 Å². The number of carbonyl (C=O) groups excluding carboxylic acids is 1. The van der Waals surface area contributed by atoms with Crippen molar-refractivity contribution in [3.63, 3.8) is 0 Å². The number of sulfone groups is 1. The molecule has 0 unspecified atom stereocenters. The minimum absolute atomic E-state index is 0.0242. The van der Waals surface area contributed by atoms with Crippen molar-refractivity contribution in [2.45, 2.75) is 85.8 Å². The van der Waals surface area contributed by atoms with E-state index in [9.17, 15) is 21.6 Å². The second-order valence-electron chi connectivity index (χ2n) is 11.6. The lowest BCUT2D eigenvalue weighted by Crippen LogP contribution is -2.28. The molecule has 2 rings (SSSR count). The molecule has 0 saturated heterocycles. The molecule has 0 bridgehead atoms. The van der Waals surface area contributed by atoms with E-state index in [1.54, 1.807) is 19.9 Å². The summed E-state index contributed by atoms with van der Waals surface area (Å²) in [4.78, 5) is 12.3. The zero-order chi connectivity index (χ0) is 29.8. The Labute approximate surface area is 235 Å². The molecule has 218 valence electrons. The zero-order valence-electron chi connectivity index (χ0n) is 24.8. The van der Waals surface area contributed by atoms with Crippen molar-refractivity contribution in [1.29, 1.82) is 0 Å². The summed E-state index contributed by atoms with van der Waals surface area (Å²) in [5.74, 6) is -0.194. The molecule has 0 saturated carbocycles. The molecule has 9 heteroatoms.